The van der Waals surface area contributed by atoms with Crippen LogP contribution in [0.15, 0.2) is 83.0 Å². The molecule has 1 fully saturated rings. The van der Waals surface area contributed by atoms with Gasteiger partial charge in [-0.25, -0.2) is 0 Å². The van der Waals surface area contributed by atoms with Crippen molar-refractivity contribution in [3.05, 3.63) is 94.1 Å². The molecule has 2 heteroatoms. The van der Waals surface area contributed by atoms with Crippen molar-refractivity contribution >= 4 is 11.6 Å². The zero-order valence-electron chi connectivity index (χ0n) is 18.0. The van der Waals surface area contributed by atoms with Crippen LogP contribution < -0.4 is 0 Å². The van der Waals surface area contributed by atoms with Gasteiger partial charge in [-0.05, 0) is 49.7 Å². The summed E-state index contributed by atoms with van der Waals surface area (Å²) in [6.45, 7) is 4.28. The number of carbonyl (C=O) groups excluding carboxylic acids is 2. The lowest BCUT2D eigenvalue weighted by Gasteiger charge is -2.39. The standard InChI is InChI=1S/C28H30O2/c1-3-21-23-17-11-12-18-24(23)22(4-2)26(28(30)20-15-9-6-10-16-20)25(21)27(29)19-13-7-5-8-14-19/h5-10,13-16,25-26H,3-4,11-12,17-18H2,1-2H3/t25-,26-/m0/s1. The Kier molecular flexibility index (Phi) is 6.13. The molecule has 0 N–H and O–H groups in total. The predicted octanol–water partition coefficient (Wildman–Crippen LogP) is 6.99. The molecular weight excluding hydrogens is 368 g/mol. The minimum atomic E-state index is -0.392. The molecule has 0 bridgehead atoms. The summed E-state index contributed by atoms with van der Waals surface area (Å²) in [4.78, 5) is 27.7. The summed E-state index contributed by atoms with van der Waals surface area (Å²) >= 11 is 0. The van der Waals surface area contributed by atoms with E-state index in [1.54, 1.807) is 0 Å². The van der Waals surface area contributed by atoms with Crippen molar-refractivity contribution in [1.82, 2.24) is 0 Å². The Morgan fingerprint density at radius 3 is 1.37 bits per heavy atom. The lowest BCUT2D eigenvalue weighted by atomic mass is 9.63. The van der Waals surface area contributed by atoms with Crippen molar-refractivity contribution in [2.75, 3.05) is 0 Å². The molecule has 30 heavy (non-hydrogen) atoms. The van der Waals surface area contributed by atoms with Crippen molar-refractivity contribution < 1.29 is 9.59 Å². The van der Waals surface area contributed by atoms with Crippen LogP contribution in [0.2, 0.25) is 0 Å². The highest BCUT2D eigenvalue weighted by Crippen LogP contribution is 2.48. The van der Waals surface area contributed by atoms with E-state index >= 15 is 0 Å². The van der Waals surface area contributed by atoms with E-state index in [9.17, 15) is 9.59 Å². The molecule has 0 aromatic heterocycles. The Balaban J connectivity index is 1.90. The maximum atomic E-state index is 13.8. The largest absolute Gasteiger partial charge is 0.293 e. The van der Waals surface area contributed by atoms with Crippen LogP contribution >= 0.6 is 0 Å². The number of Topliss-reactive ketones (excluding diaryl/α,β-unsaturated/α-hetero) is 2. The topological polar surface area (TPSA) is 34.1 Å². The van der Waals surface area contributed by atoms with Crippen molar-refractivity contribution in [2.24, 2.45) is 11.8 Å². The zero-order chi connectivity index (χ0) is 21.1. The third-order valence-corrected chi connectivity index (χ3v) is 6.77. The summed E-state index contributed by atoms with van der Waals surface area (Å²) in [7, 11) is 0. The number of carbonyl (C=O) groups is 2. The number of allylic oxidation sites excluding steroid dienone is 4. The molecule has 0 unspecified atom stereocenters. The number of hydrogen-bond acceptors (Lipinski definition) is 2. The maximum Gasteiger partial charge on any atom is 0.171 e. The average molecular weight is 399 g/mol. The van der Waals surface area contributed by atoms with Gasteiger partial charge in [-0.2, -0.15) is 0 Å². The highest BCUT2D eigenvalue weighted by molar-refractivity contribution is 6.08. The molecule has 0 amide bonds. The number of hydrogen-bond donors (Lipinski definition) is 0. The van der Waals surface area contributed by atoms with Crippen LogP contribution in [0.4, 0.5) is 0 Å². The normalized spacial score (nSPS) is 21.4. The SMILES string of the molecule is CCC1=C2CCCCC2=C(CC)[C@H](C(=O)c2ccccc2)[C@H]1C(=O)c1ccccc1. The van der Waals surface area contributed by atoms with E-state index in [4.69, 9.17) is 0 Å². The molecule has 2 aromatic rings. The first-order valence-corrected chi connectivity index (χ1v) is 11.3. The molecule has 2 aliphatic carbocycles. The first-order chi connectivity index (χ1) is 14.7. The van der Waals surface area contributed by atoms with Gasteiger partial charge >= 0.3 is 0 Å². The number of ketones is 2. The molecule has 0 radical (unpaired) electrons. The third kappa shape index (κ3) is 3.60. The van der Waals surface area contributed by atoms with Crippen LogP contribution in [0.3, 0.4) is 0 Å². The van der Waals surface area contributed by atoms with E-state index < -0.39 is 11.8 Å². The molecule has 1 saturated carbocycles. The fourth-order valence-corrected chi connectivity index (χ4v) is 5.44. The number of fused-ring (bicyclic) bond motifs is 1. The predicted molar refractivity (Wildman–Crippen MR) is 122 cm³/mol. The van der Waals surface area contributed by atoms with Crippen molar-refractivity contribution in [1.29, 1.82) is 0 Å². The van der Waals surface area contributed by atoms with Crippen LogP contribution in [0, 0.1) is 11.8 Å². The Morgan fingerprint density at radius 1 is 0.667 bits per heavy atom. The zero-order valence-corrected chi connectivity index (χ0v) is 18.0. The second kappa shape index (κ2) is 8.95. The lowest BCUT2D eigenvalue weighted by Crippen LogP contribution is -2.37. The summed E-state index contributed by atoms with van der Waals surface area (Å²) in [6, 6.07) is 19.0. The van der Waals surface area contributed by atoms with Crippen LogP contribution in [0.25, 0.3) is 0 Å². The van der Waals surface area contributed by atoms with Gasteiger partial charge in [0.1, 0.15) is 0 Å². The highest BCUT2D eigenvalue weighted by atomic mass is 16.1. The summed E-state index contributed by atoms with van der Waals surface area (Å²) in [5.74, 6) is -0.608. The monoisotopic (exact) mass is 398 g/mol. The van der Waals surface area contributed by atoms with Crippen LogP contribution in [0.5, 0.6) is 0 Å². The first kappa shape index (κ1) is 20.5. The second-order valence-corrected chi connectivity index (χ2v) is 8.34. The van der Waals surface area contributed by atoms with E-state index in [0.29, 0.717) is 11.1 Å². The van der Waals surface area contributed by atoms with Gasteiger partial charge < -0.3 is 0 Å². The Morgan fingerprint density at radius 2 is 1.03 bits per heavy atom. The van der Waals surface area contributed by atoms with E-state index in [-0.39, 0.29) is 11.6 Å². The fourth-order valence-electron chi connectivity index (χ4n) is 5.44. The van der Waals surface area contributed by atoms with Gasteiger partial charge in [0.25, 0.3) is 0 Å². The van der Waals surface area contributed by atoms with Gasteiger partial charge in [-0.15, -0.1) is 0 Å². The Hall–Kier alpha value is -2.74. The minimum absolute atomic E-state index is 0.0878. The van der Waals surface area contributed by atoms with Gasteiger partial charge in [0.15, 0.2) is 11.6 Å². The van der Waals surface area contributed by atoms with Crippen LogP contribution in [0.1, 0.15) is 73.1 Å². The van der Waals surface area contributed by atoms with E-state index in [1.165, 1.54) is 35.1 Å². The van der Waals surface area contributed by atoms with E-state index in [1.807, 2.05) is 60.7 Å². The van der Waals surface area contributed by atoms with Crippen molar-refractivity contribution in [3.8, 4) is 0 Å². The van der Waals surface area contributed by atoms with Crippen molar-refractivity contribution in [2.45, 2.75) is 52.4 Å². The van der Waals surface area contributed by atoms with Gasteiger partial charge in [-0.3, -0.25) is 9.59 Å². The van der Waals surface area contributed by atoms with Crippen LogP contribution in [-0.4, -0.2) is 11.6 Å². The summed E-state index contributed by atoms with van der Waals surface area (Å²) in [6.07, 6.45) is 6.04. The van der Waals surface area contributed by atoms with Gasteiger partial charge in [-0.1, -0.05) is 85.7 Å². The molecule has 0 saturated heterocycles. The first-order valence-electron chi connectivity index (χ1n) is 11.3. The summed E-state index contributed by atoms with van der Waals surface area (Å²) in [5.41, 5.74) is 6.57. The summed E-state index contributed by atoms with van der Waals surface area (Å²) < 4.78 is 0. The molecule has 0 heterocycles. The molecular formula is C28H30O2. The van der Waals surface area contributed by atoms with E-state index in [0.717, 1.165) is 25.7 Å². The summed E-state index contributed by atoms with van der Waals surface area (Å²) in [5, 5.41) is 0. The van der Waals surface area contributed by atoms with Crippen molar-refractivity contribution in [3.63, 3.8) is 0 Å². The Bertz CT molecular complexity index is 912. The Labute approximate surface area is 179 Å². The smallest absolute Gasteiger partial charge is 0.171 e. The maximum absolute atomic E-state index is 13.8. The number of benzene rings is 2. The van der Waals surface area contributed by atoms with Gasteiger partial charge in [0.05, 0.1) is 11.8 Å². The molecule has 0 aliphatic heterocycles. The fraction of sp³-hybridized carbons (Fsp3) is 0.357. The molecule has 2 atom stereocenters. The lowest BCUT2D eigenvalue weighted by molar-refractivity contribution is 0.0809. The second-order valence-electron chi connectivity index (χ2n) is 8.34. The molecule has 0 spiro atoms. The molecule has 4 rings (SSSR count). The molecule has 2 aromatic carbocycles. The van der Waals surface area contributed by atoms with E-state index in [2.05, 4.69) is 13.8 Å². The average Bonchev–Trinajstić information content (AvgIpc) is 2.82. The molecule has 2 nitrogen and oxygen atoms in total. The molecule has 2 aliphatic rings. The van der Waals surface area contributed by atoms with Gasteiger partial charge in [0, 0.05) is 11.1 Å². The van der Waals surface area contributed by atoms with Gasteiger partial charge in [0.2, 0.25) is 0 Å². The molecule has 154 valence electrons. The third-order valence-electron chi connectivity index (χ3n) is 6.77. The highest BCUT2D eigenvalue weighted by Gasteiger charge is 2.44. The quantitative estimate of drug-likeness (QED) is 0.492. The number of rotatable bonds is 6. The minimum Gasteiger partial charge on any atom is -0.293 e. The van der Waals surface area contributed by atoms with Crippen LogP contribution in [-0.2, 0) is 0 Å².